The molecular weight excluding hydrogens is 524 g/mol. The van der Waals surface area contributed by atoms with Gasteiger partial charge >= 0.3 is 0 Å². The van der Waals surface area contributed by atoms with E-state index < -0.39 is 11.7 Å². The highest BCUT2D eigenvalue weighted by atomic mass is 35.5. The molecule has 2 aliphatic rings. The minimum atomic E-state index is -0.508. The lowest BCUT2D eigenvalue weighted by molar-refractivity contribution is -0.115. The lowest BCUT2D eigenvalue weighted by Crippen LogP contribution is -2.28. The van der Waals surface area contributed by atoms with Crippen molar-refractivity contribution in [2.75, 3.05) is 49.9 Å². The summed E-state index contributed by atoms with van der Waals surface area (Å²) in [5.41, 5.74) is 5.76. The van der Waals surface area contributed by atoms with Gasteiger partial charge in [0, 0.05) is 18.8 Å². The van der Waals surface area contributed by atoms with E-state index in [-0.39, 0.29) is 18.3 Å². The van der Waals surface area contributed by atoms with Crippen LogP contribution in [0.5, 0.6) is 0 Å². The summed E-state index contributed by atoms with van der Waals surface area (Å²) in [4.78, 5) is 39.7. The van der Waals surface area contributed by atoms with Crippen LogP contribution in [0.15, 0.2) is 36.4 Å². The summed E-state index contributed by atoms with van der Waals surface area (Å²) in [7, 11) is 0. The van der Waals surface area contributed by atoms with Gasteiger partial charge in [-0.25, -0.2) is 0 Å². The Balaban J connectivity index is 0.000000274. The monoisotopic (exact) mass is 570 g/mol. The van der Waals surface area contributed by atoms with Gasteiger partial charge in [0.15, 0.2) is 0 Å². The Hall–Kier alpha value is -2.74. The number of nitrogens with zero attached hydrogens (tertiary/aromatic N) is 2. The Bertz CT molecular complexity index is 1130. The lowest BCUT2D eigenvalue weighted by atomic mass is 10.0. The average Bonchev–Trinajstić information content (AvgIpc) is 3.45. The standard InChI is InChI=1S/C16H22N2O2.C16H24N2O.ClH/c1-3-9-18(10-4-2)11-8-12-6-5-7-13-14(12)15(19)16(20)17-13;1-3-9-18(10-4-2)11-8-13-6-5-7-15-14(13)12-16(19)17-15;/h5-7H,3-4,8-11H2,1-2H3,(H,17,19,20);5-7H,3-4,8-12H2,1-2H3,(H,17,19);1H. The van der Waals surface area contributed by atoms with E-state index in [0.717, 1.165) is 63.1 Å². The predicted molar refractivity (Wildman–Crippen MR) is 167 cm³/mol. The fourth-order valence-corrected chi connectivity index (χ4v) is 5.52. The number of anilines is 2. The summed E-state index contributed by atoms with van der Waals surface area (Å²) in [6.07, 6.45) is 7.06. The van der Waals surface area contributed by atoms with E-state index in [9.17, 15) is 14.4 Å². The molecule has 0 aliphatic carbocycles. The summed E-state index contributed by atoms with van der Waals surface area (Å²) in [5.74, 6) is -0.777. The van der Waals surface area contributed by atoms with Crippen LogP contribution < -0.4 is 10.6 Å². The third-order valence-electron chi connectivity index (χ3n) is 7.27. The van der Waals surface area contributed by atoms with Crippen LogP contribution in [0, 0.1) is 0 Å². The van der Waals surface area contributed by atoms with Gasteiger partial charge in [0.1, 0.15) is 0 Å². The number of fused-ring (bicyclic) bond motifs is 2. The highest BCUT2D eigenvalue weighted by Crippen LogP contribution is 2.27. The first kappa shape index (κ1) is 33.5. The molecule has 2 amide bonds. The van der Waals surface area contributed by atoms with Crippen molar-refractivity contribution in [3.63, 3.8) is 0 Å². The molecule has 8 heteroatoms. The van der Waals surface area contributed by atoms with Gasteiger partial charge in [0.05, 0.1) is 17.7 Å². The van der Waals surface area contributed by atoms with Crippen LogP contribution in [0.2, 0.25) is 0 Å². The molecule has 0 radical (unpaired) electrons. The van der Waals surface area contributed by atoms with E-state index in [1.807, 2.05) is 24.3 Å². The van der Waals surface area contributed by atoms with Gasteiger partial charge in [-0.05, 0) is 93.5 Å². The number of halogens is 1. The van der Waals surface area contributed by atoms with Crippen molar-refractivity contribution in [3.05, 3.63) is 58.7 Å². The van der Waals surface area contributed by atoms with Crippen LogP contribution in [-0.2, 0) is 28.9 Å². The van der Waals surface area contributed by atoms with Crippen molar-refractivity contribution < 1.29 is 14.4 Å². The zero-order valence-corrected chi connectivity index (χ0v) is 25.5. The Morgan fingerprint density at radius 2 is 1.15 bits per heavy atom. The number of ketones is 1. The molecule has 0 atom stereocenters. The average molecular weight is 571 g/mol. The molecule has 2 aromatic rings. The molecule has 0 saturated heterocycles. The number of Topliss-reactive ketones (excluding diaryl/α,β-unsaturated/α-hetero) is 1. The highest BCUT2D eigenvalue weighted by molar-refractivity contribution is 6.52. The Labute approximate surface area is 246 Å². The van der Waals surface area contributed by atoms with Crippen LogP contribution in [0.4, 0.5) is 11.4 Å². The molecule has 2 aliphatic heterocycles. The van der Waals surface area contributed by atoms with Gasteiger partial charge in [0.2, 0.25) is 5.91 Å². The number of rotatable bonds is 14. The van der Waals surface area contributed by atoms with E-state index in [1.165, 1.54) is 37.1 Å². The van der Waals surface area contributed by atoms with E-state index in [4.69, 9.17) is 0 Å². The van der Waals surface area contributed by atoms with Crippen molar-refractivity contribution >= 4 is 41.4 Å². The Kier molecular flexibility index (Phi) is 14.4. The zero-order chi connectivity index (χ0) is 28.2. The molecule has 0 unspecified atom stereocenters. The lowest BCUT2D eigenvalue weighted by Gasteiger charge is -2.21. The minimum Gasteiger partial charge on any atom is -0.326 e. The first-order chi connectivity index (χ1) is 18.9. The molecule has 0 aromatic heterocycles. The maximum absolute atomic E-state index is 11.9. The Morgan fingerprint density at radius 3 is 1.70 bits per heavy atom. The predicted octanol–water partition coefficient (Wildman–Crippen LogP) is 5.75. The Morgan fingerprint density at radius 1 is 0.650 bits per heavy atom. The second kappa shape index (κ2) is 17.2. The second-order valence-corrected chi connectivity index (χ2v) is 10.5. The van der Waals surface area contributed by atoms with Gasteiger partial charge in [0.25, 0.3) is 11.7 Å². The molecule has 220 valence electrons. The normalized spacial score (nSPS) is 13.4. The fourth-order valence-electron chi connectivity index (χ4n) is 5.52. The van der Waals surface area contributed by atoms with Crippen molar-refractivity contribution in [3.8, 4) is 0 Å². The number of nitrogens with one attached hydrogen (secondary N) is 2. The molecule has 2 aromatic carbocycles. The van der Waals surface area contributed by atoms with Crippen LogP contribution in [-0.4, -0.2) is 66.7 Å². The van der Waals surface area contributed by atoms with Crippen molar-refractivity contribution in [2.45, 2.75) is 72.6 Å². The molecule has 40 heavy (non-hydrogen) atoms. The third kappa shape index (κ3) is 9.15. The quantitative estimate of drug-likeness (QED) is 0.282. The summed E-state index contributed by atoms with van der Waals surface area (Å²) >= 11 is 0. The van der Waals surface area contributed by atoms with Gasteiger partial charge < -0.3 is 20.4 Å². The summed E-state index contributed by atoms with van der Waals surface area (Å²) < 4.78 is 0. The molecule has 2 N–H and O–H groups in total. The highest BCUT2D eigenvalue weighted by Gasteiger charge is 2.30. The van der Waals surface area contributed by atoms with Gasteiger partial charge in [-0.1, -0.05) is 52.0 Å². The SMILES string of the molecule is CCCN(CCC)CCc1cccc2c1C(=O)C(=O)N2.CCCN(CCC)CCc1cccc2c1CC(=O)N2.Cl. The number of carbonyl (C=O) groups is 3. The zero-order valence-electron chi connectivity index (χ0n) is 24.7. The second-order valence-electron chi connectivity index (χ2n) is 10.5. The molecule has 0 spiro atoms. The summed E-state index contributed by atoms with van der Waals surface area (Å²) in [6, 6.07) is 11.8. The molecular formula is C32H47ClN4O3. The number of benzene rings is 2. The van der Waals surface area contributed by atoms with Crippen molar-refractivity contribution in [2.24, 2.45) is 0 Å². The largest absolute Gasteiger partial charge is 0.326 e. The topological polar surface area (TPSA) is 81.8 Å². The van der Waals surface area contributed by atoms with E-state index in [1.54, 1.807) is 6.07 Å². The van der Waals surface area contributed by atoms with Crippen molar-refractivity contribution in [1.82, 2.24) is 9.80 Å². The van der Waals surface area contributed by atoms with Crippen LogP contribution in [0.25, 0.3) is 0 Å². The van der Waals surface area contributed by atoms with Gasteiger partial charge in [-0.2, -0.15) is 0 Å². The van der Waals surface area contributed by atoms with Crippen LogP contribution in [0.1, 0.15) is 80.4 Å². The third-order valence-corrected chi connectivity index (χ3v) is 7.27. The van der Waals surface area contributed by atoms with E-state index in [2.05, 4.69) is 54.2 Å². The number of carbonyl (C=O) groups excluding carboxylic acids is 3. The molecule has 2 heterocycles. The van der Waals surface area contributed by atoms with Crippen molar-refractivity contribution in [1.29, 1.82) is 0 Å². The van der Waals surface area contributed by atoms with Crippen LogP contribution in [0.3, 0.4) is 0 Å². The smallest absolute Gasteiger partial charge is 0.296 e. The number of hydrogen-bond acceptors (Lipinski definition) is 5. The molecule has 0 saturated carbocycles. The number of amides is 2. The number of hydrogen-bond donors (Lipinski definition) is 2. The van der Waals surface area contributed by atoms with E-state index >= 15 is 0 Å². The van der Waals surface area contributed by atoms with Crippen LogP contribution >= 0.6 is 12.4 Å². The first-order valence-electron chi connectivity index (χ1n) is 14.7. The first-order valence-corrected chi connectivity index (χ1v) is 14.7. The van der Waals surface area contributed by atoms with Gasteiger partial charge in [-0.15, -0.1) is 12.4 Å². The summed E-state index contributed by atoms with van der Waals surface area (Å²) in [5, 5.41) is 5.55. The minimum absolute atomic E-state index is 0. The van der Waals surface area contributed by atoms with E-state index in [0.29, 0.717) is 17.7 Å². The summed E-state index contributed by atoms with van der Waals surface area (Å²) in [6.45, 7) is 15.3. The maximum atomic E-state index is 11.9. The maximum Gasteiger partial charge on any atom is 0.296 e. The van der Waals surface area contributed by atoms with Gasteiger partial charge in [-0.3, -0.25) is 14.4 Å². The molecule has 0 fully saturated rings. The molecule has 4 rings (SSSR count). The molecule has 0 bridgehead atoms. The molecule has 7 nitrogen and oxygen atoms in total. The fraction of sp³-hybridized carbons (Fsp3) is 0.531.